The van der Waals surface area contributed by atoms with Gasteiger partial charge in [0.15, 0.2) is 0 Å². The molecule has 0 heterocycles. The van der Waals surface area contributed by atoms with Crippen LogP contribution < -0.4 is 3.32 Å². The normalized spacial score (nSPS) is 8.57. The molecule has 0 amide bonds. The Morgan fingerprint density at radius 3 is 2.00 bits per heavy atom. The SMILES string of the molecule is [H-].[H-].[In][c]1ccccc1. The molecule has 7 heavy (non-hydrogen) atoms. The van der Waals surface area contributed by atoms with E-state index in [1.165, 1.54) is 27.7 Å². The Balaban J connectivity index is 0. The fraction of sp³-hybridized carbons (Fsp3) is 0. The van der Waals surface area contributed by atoms with Crippen LogP contribution in [0.2, 0.25) is 0 Å². The molecular weight excluding hydrogens is 187 g/mol. The molecule has 1 rings (SSSR count). The predicted octanol–water partition coefficient (Wildman–Crippen LogP) is 0.705. The molecule has 0 bridgehead atoms. The van der Waals surface area contributed by atoms with Gasteiger partial charge in [-0.25, -0.2) is 0 Å². The van der Waals surface area contributed by atoms with Crippen LogP contribution in [-0.2, 0) is 0 Å². The first-order valence-corrected chi connectivity index (χ1v) is 3.85. The Morgan fingerprint density at radius 2 is 1.71 bits per heavy atom. The molecule has 1 aromatic rings. The number of rotatable bonds is 0. The van der Waals surface area contributed by atoms with Crippen molar-refractivity contribution in [2.45, 2.75) is 0 Å². The summed E-state index contributed by atoms with van der Waals surface area (Å²) in [5.41, 5.74) is 0. The molecule has 0 unspecified atom stereocenters. The molecule has 2 radical (unpaired) electrons. The van der Waals surface area contributed by atoms with E-state index in [1.54, 1.807) is 0 Å². The zero-order chi connectivity index (χ0) is 5.11. The first-order chi connectivity index (χ1) is 3.39. The van der Waals surface area contributed by atoms with Crippen molar-refractivity contribution in [3.05, 3.63) is 30.3 Å². The van der Waals surface area contributed by atoms with Crippen LogP contribution in [0.25, 0.3) is 0 Å². The molecule has 0 N–H and O–H groups in total. The van der Waals surface area contributed by atoms with Gasteiger partial charge in [0, 0.05) is 0 Å². The average Bonchev–Trinajstić information content (AvgIpc) is 1.69. The van der Waals surface area contributed by atoms with Crippen LogP contribution in [0.15, 0.2) is 30.3 Å². The van der Waals surface area contributed by atoms with Crippen molar-refractivity contribution in [1.29, 1.82) is 0 Å². The summed E-state index contributed by atoms with van der Waals surface area (Å²) in [6, 6.07) is 10.5. The molecule has 1 aromatic carbocycles. The monoisotopic (exact) mass is 194 g/mol. The quantitative estimate of drug-likeness (QED) is 0.570. The summed E-state index contributed by atoms with van der Waals surface area (Å²) in [7, 11) is 0. The topological polar surface area (TPSA) is 0 Å². The second-order valence-corrected chi connectivity index (χ2v) is 3.31. The van der Waals surface area contributed by atoms with E-state index in [0.717, 1.165) is 0 Å². The van der Waals surface area contributed by atoms with E-state index in [4.69, 9.17) is 0 Å². The van der Waals surface area contributed by atoms with Crippen molar-refractivity contribution in [3.8, 4) is 0 Å². The van der Waals surface area contributed by atoms with Gasteiger partial charge < -0.3 is 2.85 Å². The fourth-order valence-corrected chi connectivity index (χ4v) is 1.09. The Hall–Kier alpha value is 0.0901. The second-order valence-electron chi connectivity index (χ2n) is 1.41. The van der Waals surface area contributed by atoms with E-state index in [2.05, 4.69) is 24.3 Å². The second kappa shape index (κ2) is 2.41. The van der Waals surface area contributed by atoms with Gasteiger partial charge in [0.2, 0.25) is 0 Å². The van der Waals surface area contributed by atoms with Crippen LogP contribution in [0.4, 0.5) is 0 Å². The van der Waals surface area contributed by atoms with Crippen molar-refractivity contribution in [1.82, 2.24) is 0 Å². The molecule has 0 aliphatic carbocycles. The van der Waals surface area contributed by atoms with Crippen LogP contribution in [0, 0.1) is 0 Å². The van der Waals surface area contributed by atoms with Gasteiger partial charge in [0.1, 0.15) is 0 Å². The Kier molecular flexibility index (Phi) is 1.80. The van der Waals surface area contributed by atoms with Crippen molar-refractivity contribution in [2.75, 3.05) is 0 Å². The maximum absolute atomic E-state index is 2.14. The molecule has 0 aromatic heterocycles. The molecule has 0 saturated heterocycles. The summed E-state index contributed by atoms with van der Waals surface area (Å²) in [5, 5.41) is 0. The predicted molar refractivity (Wildman–Crippen MR) is 34.1 cm³/mol. The van der Waals surface area contributed by atoms with Crippen LogP contribution in [0.5, 0.6) is 0 Å². The number of hydrogen-bond donors (Lipinski definition) is 0. The molecule has 0 aliphatic rings. The average molecular weight is 194 g/mol. The minimum atomic E-state index is 0. The van der Waals surface area contributed by atoms with Crippen LogP contribution >= 0.6 is 0 Å². The molecule has 0 saturated carbocycles. The van der Waals surface area contributed by atoms with Gasteiger partial charge in [-0.3, -0.25) is 0 Å². The Labute approximate surface area is 61.1 Å². The molecule has 1 heteroatoms. The van der Waals surface area contributed by atoms with Crippen molar-refractivity contribution in [3.63, 3.8) is 0 Å². The summed E-state index contributed by atoms with van der Waals surface area (Å²) < 4.78 is 1.45. The molecule has 36 valence electrons. The summed E-state index contributed by atoms with van der Waals surface area (Å²) in [6.45, 7) is 0. The molecule has 0 aliphatic heterocycles. The number of hydrogen-bond acceptors (Lipinski definition) is 0. The van der Waals surface area contributed by atoms with Gasteiger partial charge in [-0.15, -0.1) is 0 Å². The summed E-state index contributed by atoms with van der Waals surface area (Å²) in [5.74, 6) is 0. The van der Waals surface area contributed by atoms with Gasteiger partial charge in [-0.1, -0.05) is 0 Å². The Morgan fingerprint density at radius 1 is 1.14 bits per heavy atom. The third-order valence-corrected chi connectivity index (χ3v) is 1.90. The van der Waals surface area contributed by atoms with Gasteiger partial charge in [0.05, 0.1) is 0 Å². The van der Waals surface area contributed by atoms with Crippen LogP contribution in [0.1, 0.15) is 2.85 Å². The van der Waals surface area contributed by atoms with E-state index < -0.39 is 0 Å². The van der Waals surface area contributed by atoms with Crippen molar-refractivity contribution in [2.24, 2.45) is 0 Å². The third-order valence-electron chi connectivity index (χ3n) is 0.800. The van der Waals surface area contributed by atoms with Gasteiger partial charge in [-0.05, 0) is 0 Å². The van der Waals surface area contributed by atoms with Gasteiger partial charge in [-0.2, -0.15) is 0 Å². The molecule has 0 spiro atoms. The maximum atomic E-state index is 2.14. The van der Waals surface area contributed by atoms with Gasteiger partial charge in [0.25, 0.3) is 0 Å². The summed E-state index contributed by atoms with van der Waals surface area (Å²) in [4.78, 5) is 0. The van der Waals surface area contributed by atoms with E-state index in [-0.39, 0.29) is 2.85 Å². The van der Waals surface area contributed by atoms with E-state index in [9.17, 15) is 0 Å². The zero-order valence-corrected chi connectivity index (χ0v) is 7.26. The van der Waals surface area contributed by atoms with E-state index in [1.807, 2.05) is 6.07 Å². The van der Waals surface area contributed by atoms with Crippen molar-refractivity contribution >= 4 is 27.7 Å². The summed E-state index contributed by atoms with van der Waals surface area (Å²) >= 11 is 1.23. The van der Waals surface area contributed by atoms with Gasteiger partial charge >= 0.3 is 58.0 Å². The third kappa shape index (κ3) is 1.56. The molecule has 0 atom stereocenters. The first-order valence-electron chi connectivity index (χ1n) is 2.20. The van der Waals surface area contributed by atoms with E-state index in [0.29, 0.717) is 0 Å². The Bertz CT molecular complexity index is 141. The summed E-state index contributed by atoms with van der Waals surface area (Å²) in [6.07, 6.45) is 0. The fourth-order valence-electron chi connectivity index (χ4n) is 0.453. The number of benzene rings is 1. The van der Waals surface area contributed by atoms with Crippen LogP contribution in [-0.4, -0.2) is 24.4 Å². The minimum absolute atomic E-state index is 0. The molecule has 0 nitrogen and oxygen atoms in total. The zero-order valence-electron chi connectivity index (χ0n) is 5.96. The first kappa shape index (κ1) is 5.23. The van der Waals surface area contributed by atoms with E-state index >= 15 is 0 Å². The van der Waals surface area contributed by atoms with Crippen LogP contribution in [0.3, 0.4) is 0 Å². The molecule has 0 fully saturated rings. The standard InChI is InChI=1S/C6H5.In.2H/c1-2-4-6-5-3-1;;;/h1-5H;;;/q;;2*-1. The molecular formula is C6H7In-2. The van der Waals surface area contributed by atoms with Crippen molar-refractivity contribution < 1.29 is 2.85 Å².